The average Bonchev–Trinajstić information content (AvgIpc) is 3.33. The van der Waals surface area contributed by atoms with E-state index in [4.69, 9.17) is 4.74 Å². The van der Waals surface area contributed by atoms with E-state index < -0.39 is 84.2 Å². The number of rotatable bonds is 16. The summed E-state index contributed by atoms with van der Waals surface area (Å²) in [5.74, 6) is -1.84. The van der Waals surface area contributed by atoms with Gasteiger partial charge in [-0.15, -0.1) is 26.3 Å². The molecule has 0 radical (unpaired) electrons. The fourth-order valence-electron chi connectivity index (χ4n) is 6.88. The highest BCUT2D eigenvalue weighted by atomic mass is 32.2. The van der Waals surface area contributed by atoms with E-state index in [0.717, 1.165) is 22.3 Å². The highest BCUT2D eigenvalue weighted by Gasteiger charge is 2.55. The Hall–Kier alpha value is -5.55. The Labute approximate surface area is 472 Å². The van der Waals surface area contributed by atoms with Crippen molar-refractivity contribution < 1.29 is 67.2 Å². The number of carbonyl (C=O) groups is 2. The van der Waals surface area contributed by atoms with Gasteiger partial charge in [0.05, 0.1) is 18.7 Å². The van der Waals surface area contributed by atoms with Gasteiger partial charge in [0.1, 0.15) is 0 Å². The number of carbonyl (C=O) groups excluding carboxylic acids is 2. The van der Waals surface area contributed by atoms with Gasteiger partial charge in [0.15, 0.2) is 69.2 Å². The number of nitriles is 2. The lowest BCUT2D eigenvalue weighted by Crippen LogP contribution is -2.35. The number of esters is 2. The van der Waals surface area contributed by atoms with Gasteiger partial charge in [0.2, 0.25) is 0 Å². The predicted molar refractivity (Wildman–Crippen MR) is 294 cm³/mol. The largest absolute Gasteiger partial charge is 0.743 e. The molecule has 0 aliphatic heterocycles. The first-order valence-corrected chi connectivity index (χ1v) is 29.0. The number of hydrogen-bond donors (Lipinski definition) is 0. The Kier molecular flexibility index (Phi) is 24.2. The highest BCUT2D eigenvalue weighted by Crippen LogP contribution is 2.42. The molecule has 4 aromatic carbocycles. The molecular formula is C58H73F8N4O7S3+. The normalized spacial score (nSPS) is 14.3. The van der Waals surface area contributed by atoms with Crippen LogP contribution in [0.5, 0.6) is 0 Å². The number of nitrogens with zero attached hydrogens (tertiary/aromatic N) is 4. The van der Waals surface area contributed by atoms with E-state index in [9.17, 15) is 68.2 Å². The van der Waals surface area contributed by atoms with Crippen LogP contribution in [0.3, 0.4) is 0 Å². The summed E-state index contributed by atoms with van der Waals surface area (Å²) in [7, 11) is -9.88. The van der Waals surface area contributed by atoms with E-state index in [1.54, 1.807) is 61.5 Å². The maximum Gasteiger partial charge on any atom is 0.586 e. The van der Waals surface area contributed by atoms with Crippen LogP contribution < -0.4 is 0 Å². The SMILES string of the molecule is CC(C)(C)c1ccc([S+](c2ccc(C(C)(C)C)cc2)C(F)(F)F)cc1.CC(C)(C)c1ccc([S+](c2ccc(C(C)(C)C)cc2)C(F)(F)F)cc1.CCOC(=O)CCC(C)(C#N)N=NC(C)(C#N)CCC(=O)OCC(F)(F)S(=O)(=O)[O-]. The maximum atomic E-state index is 13.8. The molecule has 0 amide bonds. The molecule has 440 valence electrons. The average molecular weight is 1190 g/mol. The Balaban J connectivity index is 0.000000412. The molecule has 4 aromatic rings. The van der Waals surface area contributed by atoms with Crippen molar-refractivity contribution in [3.8, 4) is 12.1 Å². The van der Waals surface area contributed by atoms with Crippen molar-refractivity contribution in [2.24, 2.45) is 10.2 Å². The quantitative estimate of drug-likeness (QED) is 0.0346. The third-order valence-electron chi connectivity index (χ3n) is 12.0. The number of benzene rings is 4. The molecule has 0 bridgehead atoms. The minimum absolute atomic E-state index is 0.0475. The molecule has 0 saturated carbocycles. The molecule has 0 N–H and O–H groups in total. The highest BCUT2D eigenvalue weighted by molar-refractivity contribution is 7.98. The zero-order valence-corrected chi connectivity index (χ0v) is 50.3. The predicted octanol–water partition coefficient (Wildman–Crippen LogP) is 15.5. The summed E-state index contributed by atoms with van der Waals surface area (Å²) in [6.45, 7) is 27.1. The van der Waals surface area contributed by atoms with Gasteiger partial charge in [-0.3, -0.25) is 9.59 Å². The zero-order chi connectivity index (χ0) is 61.7. The Morgan fingerprint density at radius 3 is 0.912 bits per heavy atom. The van der Waals surface area contributed by atoms with Gasteiger partial charge >= 0.3 is 28.2 Å². The summed E-state index contributed by atoms with van der Waals surface area (Å²) in [6, 6.07) is 31.0. The van der Waals surface area contributed by atoms with Gasteiger partial charge in [-0.1, -0.05) is 132 Å². The molecular weight excluding hydrogens is 1110 g/mol. The van der Waals surface area contributed by atoms with Gasteiger partial charge < -0.3 is 14.0 Å². The number of halogens is 8. The van der Waals surface area contributed by atoms with Crippen molar-refractivity contribution in [2.75, 3.05) is 13.2 Å². The fourth-order valence-corrected chi connectivity index (χ4v) is 10.3. The number of hydrogen-bond acceptors (Lipinski definition) is 11. The maximum absolute atomic E-state index is 13.8. The molecule has 80 heavy (non-hydrogen) atoms. The monoisotopic (exact) mass is 1190 g/mol. The van der Waals surface area contributed by atoms with Crippen LogP contribution in [-0.4, -0.2) is 65.5 Å². The van der Waals surface area contributed by atoms with Crippen molar-refractivity contribution in [1.82, 2.24) is 0 Å². The minimum atomic E-state index is -6.00. The Morgan fingerprint density at radius 2 is 0.725 bits per heavy atom. The summed E-state index contributed by atoms with van der Waals surface area (Å²) < 4.78 is 148. The number of azo groups is 1. The summed E-state index contributed by atoms with van der Waals surface area (Å²) in [5, 5.41) is 21.3. The Bertz CT molecular complexity index is 2650. The minimum Gasteiger partial charge on any atom is -0.743 e. The van der Waals surface area contributed by atoms with E-state index in [-0.39, 0.29) is 47.5 Å². The van der Waals surface area contributed by atoms with Gasteiger partial charge in [-0.05, 0) is 126 Å². The van der Waals surface area contributed by atoms with Crippen molar-refractivity contribution in [3.63, 3.8) is 0 Å². The summed E-state index contributed by atoms with van der Waals surface area (Å²) in [5.41, 5.74) is -7.89. The molecule has 4 rings (SSSR count). The molecule has 0 aromatic heterocycles. The summed E-state index contributed by atoms with van der Waals surface area (Å²) in [6.07, 6.45) is -1.15. The number of ether oxygens (including phenoxy) is 2. The van der Waals surface area contributed by atoms with Crippen molar-refractivity contribution in [2.45, 2.75) is 198 Å². The van der Waals surface area contributed by atoms with Gasteiger partial charge in [-0.25, -0.2) is 8.42 Å². The first-order valence-electron chi connectivity index (χ1n) is 25.2. The third-order valence-corrected chi connectivity index (χ3v) is 16.7. The standard InChI is InChI=1S/2C21H26F3S.C16H22F2N4O7S/c2*1-19(2,3)15-7-11-17(12-8-15)25(21(22,23)24)18-13-9-16(10-14-18)20(4,5)6;1-4-28-12(23)5-7-14(2,9-19)21-22-15(3,10-20)8-6-13(24)29-11-16(17,18)30(25,26)27/h2*7-14H,1-6H3;4-8,11H2,1-3H3,(H,25,26,27)/q2*+1;/p-1. The molecule has 0 saturated heterocycles. The molecule has 0 fully saturated rings. The van der Waals surface area contributed by atoms with Gasteiger partial charge in [0, 0.05) is 12.8 Å². The van der Waals surface area contributed by atoms with Crippen LogP contribution in [-0.2, 0) is 72.6 Å². The van der Waals surface area contributed by atoms with Crippen LogP contribution in [0.4, 0.5) is 35.1 Å². The van der Waals surface area contributed by atoms with Crippen LogP contribution in [0.25, 0.3) is 0 Å². The molecule has 0 aliphatic carbocycles. The van der Waals surface area contributed by atoms with Crippen LogP contribution >= 0.6 is 0 Å². The Morgan fingerprint density at radius 1 is 0.487 bits per heavy atom. The second kappa shape index (κ2) is 27.5. The first-order chi connectivity index (χ1) is 36.2. The smallest absolute Gasteiger partial charge is 0.586 e. The van der Waals surface area contributed by atoms with Crippen LogP contribution in [0.2, 0.25) is 0 Å². The molecule has 2 atom stereocenters. The molecule has 2 unspecified atom stereocenters. The van der Waals surface area contributed by atoms with Crippen LogP contribution in [0, 0.1) is 22.7 Å². The zero-order valence-electron chi connectivity index (χ0n) is 47.9. The molecule has 22 heteroatoms. The molecule has 0 spiro atoms. The lowest BCUT2D eigenvalue weighted by atomic mass is 9.87. The fraction of sp³-hybridized carbons (Fsp3) is 0.517. The molecule has 0 heterocycles. The lowest BCUT2D eigenvalue weighted by Gasteiger charge is -2.20. The van der Waals surface area contributed by atoms with Crippen molar-refractivity contribution in [3.05, 3.63) is 119 Å². The number of alkyl halides is 8. The van der Waals surface area contributed by atoms with Crippen LogP contribution in [0.1, 0.15) is 152 Å². The lowest BCUT2D eigenvalue weighted by molar-refractivity contribution is -0.150. The van der Waals surface area contributed by atoms with E-state index in [1.165, 1.54) is 13.8 Å². The van der Waals surface area contributed by atoms with Crippen molar-refractivity contribution >= 4 is 43.8 Å². The third kappa shape index (κ3) is 22.1. The topological polar surface area (TPSA) is 182 Å². The van der Waals surface area contributed by atoms with E-state index in [2.05, 4.69) is 98.1 Å². The van der Waals surface area contributed by atoms with E-state index in [0.29, 0.717) is 19.6 Å². The summed E-state index contributed by atoms with van der Waals surface area (Å²) in [4.78, 5) is 24.2. The van der Waals surface area contributed by atoms with E-state index >= 15 is 0 Å². The van der Waals surface area contributed by atoms with Crippen molar-refractivity contribution in [1.29, 1.82) is 10.5 Å². The van der Waals surface area contributed by atoms with Gasteiger partial charge in [-0.2, -0.15) is 29.5 Å². The second-order valence-electron chi connectivity index (χ2n) is 23.1. The van der Waals surface area contributed by atoms with Gasteiger partial charge in [0.25, 0.3) is 0 Å². The second-order valence-corrected chi connectivity index (χ2v) is 28.7. The first kappa shape index (κ1) is 70.6. The molecule has 0 aliphatic rings. The summed E-state index contributed by atoms with van der Waals surface area (Å²) >= 11 is 0. The van der Waals surface area contributed by atoms with Crippen LogP contribution in [0.15, 0.2) is 127 Å². The molecule has 11 nitrogen and oxygen atoms in total. The van der Waals surface area contributed by atoms with E-state index in [1.807, 2.05) is 54.6 Å².